The average Bonchev–Trinajstić information content (AvgIpc) is 2.78. The van der Waals surface area contributed by atoms with Crippen LogP contribution in [0.25, 0.3) is 6.08 Å². The number of fused-ring (bicyclic) bond motifs is 1. The standard InChI is InChI=1S/C26H22Cl2O4/c1-30-20-8-7-18-13-21(15-23(22(18)14-20)17-4-3-5-19(27)12-17)32-26(29)11-16-6-9-25(31-2)24(28)10-16/h3-10,12-14,23H,11,15H2,1-2H3. The highest BCUT2D eigenvalue weighted by molar-refractivity contribution is 6.32. The van der Waals surface area contributed by atoms with Crippen LogP contribution in [-0.2, 0) is 16.0 Å². The maximum atomic E-state index is 12.7. The van der Waals surface area contributed by atoms with E-state index in [4.69, 9.17) is 37.4 Å². The van der Waals surface area contributed by atoms with Crippen molar-refractivity contribution in [3.63, 3.8) is 0 Å². The Kier molecular flexibility index (Phi) is 6.73. The molecule has 0 saturated heterocycles. The molecular formula is C26H22Cl2O4. The molecule has 1 aliphatic rings. The molecule has 0 N–H and O–H groups in total. The minimum atomic E-state index is -0.348. The topological polar surface area (TPSA) is 44.8 Å². The summed E-state index contributed by atoms with van der Waals surface area (Å²) in [6.07, 6.45) is 2.56. The van der Waals surface area contributed by atoms with Crippen LogP contribution >= 0.6 is 23.2 Å². The van der Waals surface area contributed by atoms with E-state index in [1.54, 1.807) is 32.4 Å². The van der Waals surface area contributed by atoms with Gasteiger partial charge in [-0.1, -0.05) is 47.5 Å². The van der Waals surface area contributed by atoms with Crippen molar-refractivity contribution in [3.8, 4) is 11.5 Å². The zero-order valence-electron chi connectivity index (χ0n) is 17.7. The quantitative estimate of drug-likeness (QED) is 0.378. The highest BCUT2D eigenvalue weighted by atomic mass is 35.5. The highest BCUT2D eigenvalue weighted by Gasteiger charge is 2.26. The highest BCUT2D eigenvalue weighted by Crippen LogP contribution is 2.41. The third-order valence-electron chi connectivity index (χ3n) is 5.45. The molecule has 0 fully saturated rings. The summed E-state index contributed by atoms with van der Waals surface area (Å²) in [6, 6.07) is 18.9. The zero-order chi connectivity index (χ0) is 22.7. The van der Waals surface area contributed by atoms with Gasteiger partial charge in [-0.25, -0.2) is 0 Å². The predicted octanol–water partition coefficient (Wildman–Crippen LogP) is 6.67. The fraction of sp³-hybridized carbons (Fsp3) is 0.192. The molecule has 0 heterocycles. The number of hydrogen-bond acceptors (Lipinski definition) is 4. The number of rotatable bonds is 6. The minimum Gasteiger partial charge on any atom is -0.497 e. The number of esters is 1. The van der Waals surface area contributed by atoms with Crippen LogP contribution in [-0.4, -0.2) is 20.2 Å². The van der Waals surface area contributed by atoms with Crippen molar-refractivity contribution in [2.45, 2.75) is 18.8 Å². The van der Waals surface area contributed by atoms with E-state index in [1.165, 1.54) is 0 Å². The molecule has 0 aliphatic heterocycles. The molecule has 1 aliphatic carbocycles. The summed E-state index contributed by atoms with van der Waals surface area (Å²) < 4.78 is 16.4. The second-order valence-corrected chi connectivity index (χ2v) is 8.38. The molecule has 0 radical (unpaired) electrons. The molecule has 4 nitrogen and oxygen atoms in total. The van der Waals surface area contributed by atoms with Crippen molar-refractivity contribution >= 4 is 35.2 Å². The van der Waals surface area contributed by atoms with E-state index in [1.807, 2.05) is 48.5 Å². The molecule has 3 aromatic rings. The smallest absolute Gasteiger partial charge is 0.315 e. The summed E-state index contributed by atoms with van der Waals surface area (Å²) in [5.74, 6) is 1.59. The van der Waals surface area contributed by atoms with Crippen LogP contribution in [0.3, 0.4) is 0 Å². The van der Waals surface area contributed by atoms with Gasteiger partial charge in [-0.15, -0.1) is 0 Å². The van der Waals surface area contributed by atoms with Gasteiger partial charge < -0.3 is 14.2 Å². The Hall–Kier alpha value is -2.95. The van der Waals surface area contributed by atoms with Crippen LogP contribution in [0.2, 0.25) is 10.0 Å². The summed E-state index contributed by atoms with van der Waals surface area (Å²) in [5.41, 5.74) is 3.90. The Morgan fingerprint density at radius 2 is 1.84 bits per heavy atom. The van der Waals surface area contributed by atoms with E-state index in [9.17, 15) is 4.79 Å². The molecular weight excluding hydrogens is 447 g/mol. The van der Waals surface area contributed by atoms with Gasteiger partial charge in [0.15, 0.2) is 0 Å². The first-order valence-corrected chi connectivity index (χ1v) is 10.9. The van der Waals surface area contributed by atoms with Crippen LogP contribution in [0.4, 0.5) is 0 Å². The Morgan fingerprint density at radius 1 is 1.00 bits per heavy atom. The van der Waals surface area contributed by atoms with E-state index in [0.29, 0.717) is 28.0 Å². The number of methoxy groups -OCH3 is 2. The van der Waals surface area contributed by atoms with Gasteiger partial charge in [0.25, 0.3) is 0 Å². The lowest BCUT2D eigenvalue weighted by molar-refractivity contribution is -0.138. The second kappa shape index (κ2) is 9.68. The van der Waals surface area contributed by atoms with Gasteiger partial charge in [-0.05, 0) is 64.7 Å². The van der Waals surface area contributed by atoms with Gasteiger partial charge in [-0.2, -0.15) is 0 Å². The van der Waals surface area contributed by atoms with Gasteiger partial charge in [0, 0.05) is 17.4 Å². The molecule has 6 heteroatoms. The van der Waals surface area contributed by atoms with Crippen molar-refractivity contribution in [3.05, 3.63) is 98.7 Å². The lowest BCUT2D eigenvalue weighted by Crippen LogP contribution is -2.15. The van der Waals surface area contributed by atoms with Crippen molar-refractivity contribution in [2.24, 2.45) is 0 Å². The largest absolute Gasteiger partial charge is 0.497 e. The average molecular weight is 469 g/mol. The Morgan fingerprint density at radius 3 is 2.56 bits per heavy atom. The van der Waals surface area contributed by atoms with Gasteiger partial charge in [0.1, 0.15) is 17.3 Å². The number of hydrogen-bond donors (Lipinski definition) is 0. The Bertz CT molecular complexity index is 1190. The molecule has 0 amide bonds. The third kappa shape index (κ3) is 4.93. The van der Waals surface area contributed by atoms with Crippen LogP contribution in [0.15, 0.2) is 66.4 Å². The van der Waals surface area contributed by atoms with Crippen molar-refractivity contribution < 1.29 is 19.0 Å². The molecule has 1 unspecified atom stereocenters. The second-order valence-electron chi connectivity index (χ2n) is 7.54. The fourth-order valence-electron chi connectivity index (χ4n) is 3.92. The molecule has 0 bridgehead atoms. The summed E-state index contributed by atoms with van der Waals surface area (Å²) in [5, 5.41) is 1.12. The molecule has 0 spiro atoms. The van der Waals surface area contributed by atoms with Crippen LogP contribution in [0.5, 0.6) is 11.5 Å². The normalized spacial score (nSPS) is 14.9. The van der Waals surface area contributed by atoms with Crippen molar-refractivity contribution in [1.29, 1.82) is 0 Å². The SMILES string of the molecule is COc1ccc2c(c1)C(c1cccc(Cl)c1)CC(OC(=O)Cc1ccc(OC)c(Cl)c1)=C2. The molecule has 1 atom stereocenters. The molecule has 4 rings (SSSR count). The van der Waals surface area contributed by atoms with Gasteiger partial charge in [0.05, 0.1) is 25.7 Å². The van der Waals surface area contributed by atoms with Crippen LogP contribution in [0, 0.1) is 0 Å². The number of halogens is 2. The number of benzene rings is 3. The number of ether oxygens (including phenoxy) is 3. The van der Waals surface area contributed by atoms with Gasteiger partial charge in [0.2, 0.25) is 0 Å². The molecule has 0 saturated carbocycles. The van der Waals surface area contributed by atoms with E-state index in [-0.39, 0.29) is 18.3 Å². The van der Waals surface area contributed by atoms with Crippen LogP contribution < -0.4 is 9.47 Å². The number of allylic oxidation sites excluding steroid dienone is 1. The van der Waals surface area contributed by atoms with Crippen molar-refractivity contribution in [1.82, 2.24) is 0 Å². The monoisotopic (exact) mass is 468 g/mol. The van der Waals surface area contributed by atoms with E-state index >= 15 is 0 Å². The van der Waals surface area contributed by atoms with Gasteiger partial charge >= 0.3 is 5.97 Å². The lowest BCUT2D eigenvalue weighted by Gasteiger charge is -2.26. The molecule has 164 valence electrons. The Labute approximate surface area is 197 Å². The zero-order valence-corrected chi connectivity index (χ0v) is 19.2. The molecule has 32 heavy (non-hydrogen) atoms. The predicted molar refractivity (Wildman–Crippen MR) is 127 cm³/mol. The Balaban J connectivity index is 1.59. The first-order chi connectivity index (χ1) is 15.5. The lowest BCUT2D eigenvalue weighted by atomic mass is 9.81. The summed E-state index contributed by atoms with van der Waals surface area (Å²) in [4.78, 5) is 12.7. The molecule has 3 aromatic carbocycles. The molecule has 0 aromatic heterocycles. The maximum Gasteiger partial charge on any atom is 0.315 e. The maximum absolute atomic E-state index is 12.7. The first-order valence-electron chi connectivity index (χ1n) is 10.1. The summed E-state index contributed by atoms with van der Waals surface area (Å²) in [7, 11) is 3.20. The summed E-state index contributed by atoms with van der Waals surface area (Å²) >= 11 is 12.4. The summed E-state index contributed by atoms with van der Waals surface area (Å²) in [6.45, 7) is 0. The van der Waals surface area contributed by atoms with E-state index in [0.717, 1.165) is 28.0 Å². The van der Waals surface area contributed by atoms with Crippen LogP contribution in [0.1, 0.15) is 34.6 Å². The van der Waals surface area contributed by atoms with Gasteiger partial charge in [-0.3, -0.25) is 4.79 Å². The van der Waals surface area contributed by atoms with E-state index < -0.39 is 0 Å². The number of carbonyl (C=O) groups excluding carboxylic acids is 1. The minimum absolute atomic E-state index is 0.0120. The fourth-order valence-corrected chi connectivity index (χ4v) is 4.40. The first kappa shape index (κ1) is 22.3. The van der Waals surface area contributed by atoms with Crippen molar-refractivity contribution in [2.75, 3.05) is 14.2 Å². The third-order valence-corrected chi connectivity index (χ3v) is 5.98. The van der Waals surface area contributed by atoms with E-state index in [2.05, 4.69) is 0 Å². The number of carbonyl (C=O) groups is 1.